The van der Waals surface area contributed by atoms with Gasteiger partial charge in [0.05, 0.1) is 12.5 Å². The predicted molar refractivity (Wildman–Crippen MR) is 112 cm³/mol. The van der Waals surface area contributed by atoms with Crippen LogP contribution in [0.3, 0.4) is 0 Å². The molecule has 0 aromatic carbocycles. The number of piperidine rings is 1. The minimum atomic E-state index is 0.165. The van der Waals surface area contributed by atoms with Crippen molar-refractivity contribution in [2.45, 2.75) is 76.5 Å². The van der Waals surface area contributed by atoms with Gasteiger partial charge in [-0.3, -0.25) is 4.79 Å². The monoisotopic (exact) mass is 419 g/mol. The molecule has 1 unspecified atom stereocenters. The van der Waals surface area contributed by atoms with Crippen molar-refractivity contribution in [2.75, 3.05) is 39.5 Å². The molecule has 1 aliphatic carbocycles. The molecule has 2 saturated heterocycles. The summed E-state index contributed by atoms with van der Waals surface area (Å²) in [5.41, 5.74) is 0. The Balaban J connectivity index is 1.18. The smallest absolute Gasteiger partial charge is 0.231 e. The quantitative estimate of drug-likeness (QED) is 0.568. The highest BCUT2D eigenvalue weighted by Crippen LogP contribution is 2.30. The summed E-state index contributed by atoms with van der Waals surface area (Å²) in [6, 6.07) is 0. The summed E-state index contributed by atoms with van der Waals surface area (Å²) in [5, 5.41) is 4.14. The molecule has 2 aliphatic heterocycles. The number of carbonyl (C=O) groups is 1. The van der Waals surface area contributed by atoms with Gasteiger partial charge in [-0.2, -0.15) is 4.98 Å². The molecule has 3 heterocycles. The van der Waals surface area contributed by atoms with Crippen LogP contribution in [0.15, 0.2) is 4.52 Å². The number of nitrogens with zero attached hydrogens (tertiary/aromatic N) is 3. The third-order valence-electron chi connectivity index (χ3n) is 7.01. The van der Waals surface area contributed by atoms with Gasteiger partial charge in [0, 0.05) is 45.8 Å². The van der Waals surface area contributed by atoms with E-state index in [2.05, 4.69) is 10.1 Å². The third-order valence-corrected chi connectivity index (χ3v) is 7.01. The van der Waals surface area contributed by atoms with Gasteiger partial charge >= 0.3 is 0 Å². The molecule has 7 heteroatoms. The lowest BCUT2D eigenvalue weighted by Gasteiger charge is -2.31. The molecule has 7 nitrogen and oxygen atoms in total. The summed E-state index contributed by atoms with van der Waals surface area (Å²) in [7, 11) is 0. The Morgan fingerprint density at radius 2 is 1.90 bits per heavy atom. The number of ether oxygens (including phenoxy) is 2. The van der Waals surface area contributed by atoms with E-state index in [0.29, 0.717) is 49.5 Å². The number of aromatic nitrogens is 2. The van der Waals surface area contributed by atoms with E-state index in [1.807, 2.05) is 4.90 Å². The van der Waals surface area contributed by atoms with Gasteiger partial charge in [-0.05, 0) is 43.9 Å². The highest BCUT2D eigenvalue weighted by Gasteiger charge is 2.29. The largest absolute Gasteiger partial charge is 0.381 e. The zero-order valence-electron chi connectivity index (χ0n) is 18.2. The first-order valence-electron chi connectivity index (χ1n) is 12.0. The van der Waals surface area contributed by atoms with Crippen LogP contribution in [0.25, 0.3) is 0 Å². The lowest BCUT2D eigenvalue weighted by atomic mass is 9.96. The summed E-state index contributed by atoms with van der Waals surface area (Å²) in [6.45, 7) is 4.68. The number of hydrogen-bond donors (Lipinski definition) is 0. The summed E-state index contributed by atoms with van der Waals surface area (Å²) >= 11 is 0. The van der Waals surface area contributed by atoms with Crippen LogP contribution in [0.4, 0.5) is 0 Å². The fraction of sp³-hybridized carbons (Fsp3) is 0.870. The number of likely N-dealkylation sites (tertiary alicyclic amines) is 1. The zero-order chi connectivity index (χ0) is 20.6. The first-order valence-corrected chi connectivity index (χ1v) is 12.0. The van der Waals surface area contributed by atoms with Gasteiger partial charge in [0.25, 0.3) is 0 Å². The van der Waals surface area contributed by atoms with E-state index >= 15 is 0 Å². The van der Waals surface area contributed by atoms with Crippen LogP contribution in [0.5, 0.6) is 0 Å². The molecule has 0 radical (unpaired) electrons. The molecule has 0 N–H and O–H groups in total. The molecular formula is C23H37N3O4. The maximum absolute atomic E-state index is 12.7. The second-order valence-electron chi connectivity index (χ2n) is 9.30. The van der Waals surface area contributed by atoms with Gasteiger partial charge in [-0.15, -0.1) is 0 Å². The molecule has 4 rings (SSSR count). The fourth-order valence-corrected chi connectivity index (χ4v) is 5.05. The van der Waals surface area contributed by atoms with Gasteiger partial charge in [0.15, 0.2) is 5.82 Å². The minimum absolute atomic E-state index is 0.165. The van der Waals surface area contributed by atoms with E-state index in [1.54, 1.807) is 0 Å². The molecule has 1 aromatic rings. The Morgan fingerprint density at radius 1 is 1.07 bits per heavy atom. The maximum Gasteiger partial charge on any atom is 0.231 e. The minimum Gasteiger partial charge on any atom is -0.381 e. The summed E-state index contributed by atoms with van der Waals surface area (Å²) < 4.78 is 16.8. The third kappa shape index (κ3) is 6.27. The molecule has 1 amide bonds. The molecule has 3 fully saturated rings. The second kappa shape index (κ2) is 11.2. The van der Waals surface area contributed by atoms with Crippen LogP contribution in [0.2, 0.25) is 0 Å². The van der Waals surface area contributed by atoms with Crippen LogP contribution >= 0.6 is 0 Å². The lowest BCUT2D eigenvalue weighted by Crippen LogP contribution is -2.39. The Morgan fingerprint density at radius 3 is 2.73 bits per heavy atom. The van der Waals surface area contributed by atoms with E-state index in [0.717, 1.165) is 64.4 Å². The van der Waals surface area contributed by atoms with Crippen molar-refractivity contribution in [3.05, 3.63) is 11.7 Å². The number of carbonyl (C=O) groups excluding carboxylic acids is 1. The SMILES string of the molecule is O=C(CCC1CCCC1)N1CCCC(c2nc(CCOCC3CCOCC3)no2)C1. The predicted octanol–water partition coefficient (Wildman–Crippen LogP) is 3.73. The molecule has 168 valence electrons. The maximum atomic E-state index is 12.7. The van der Waals surface area contributed by atoms with Crippen molar-refractivity contribution in [3.8, 4) is 0 Å². The van der Waals surface area contributed by atoms with Crippen LogP contribution in [-0.2, 0) is 20.7 Å². The highest BCUT2D eigenvalue weighted by molar-refractivity contribution is 5.76. The van der Waals surface area contributed by atoms with Crippen LogP contribution in [0, 0.1) is 11.8 Å². The lowest BCUT2D eigenvalue weighted by molar-refractivity contribution is -0.132. The van der Waals surface area contributed by atoms with Crippen LogP contribution in [0.1, 0.15) is 81.8 Å². The van der Waals surface area contributed by atoms with Crippen LogP contribution < -0.4 is 0 Å². The van der Waals surface area contributed by atoms with Crippen molar-refractivity contribution < 1.29 is 18.8 Å². The van der Waals surface area contributed by atoms with E-state index in [1.165, 1.54) is 25.7 Å². The number of hydrogen-bond acceptors (Lipinski definition) is 6. The van der Waals surface area contributed by atoms with Crippen molar-refractivity contribution >= 4 is 5.91 Å². The number of amides is 1. The molecule has 1 aromatic heterocycles. The molecule has 0 spiro atoms. The summed E-state index contributed by atoms with van der Waals surface area (Å²) in [4.78, 5) is 19.3. The van der Waals surface area contributed by atoms with Gasteiger partial charge in [-0.25, -0.2) is 0 Å². The topological polar surface area (TPSA) is 77.7 Å². The standard InChI is InChI=1S/C23H37N3O4/c27-22(8-7-18-4-1-2-5-18)26-12-3-6-20(16-26)23-24-21(25-30-23)11-15-29-17-19-9-13-28-14-10-19/h18-20H,1-17H2. The molecule has 1 saturated carbocycles. The summed E-state index contributed by atoms with van der Waals surface area (Å²) in [5.74, 6) is 3.23. The van der Waals surface area contributed by atoms with E-state index < -0.39 is 0 Å². The Kier molecular flexibility index (Phi) is 8.15. The Hall–Kier alpha value is -1.47. The second-order valence-corrected chi connectivity index (χ2v) is 9.30. The van der Waals surface area contributed by atoms with E-state index in [4.69, 9.17) is 14.0 Å². The van der Waals surface area contributed by atoms with Crippen molar-refractivity contribution in [1.29, 1.82) is 0 Å². The highest BCUT2D eigenvalue weighted by atomic mass is 16.5. The first-order chi connectivity index (χ1) is 14.8. The van der Waals surface area contributed by atoms with Crippen LogP contribution in [-0.4, -0.2) is 60.5 Å². The van der Waals surface area contributed by atoms with E-state index in [-0.39, 0.29) is 5.92 Å². The molecule has 3 aliphatic rings. The van der Waals surface area contributed by atoms with Gasteiger partial charge in [0.1, 0.15) is 0 Å². The molecular weight excluding hydrogens is 382 g/mol. The van der Waals surface area contributed by atoms with Gasteiger partial charge in [0.2, 0.25) is 11.8 Å². The normalized spacial score (nSPS) is 23.9. The molecule has 0 bridgehead atoms. The average molecular weight is 420 g/mol. The summed E-state index contributed by atoms with van der Waals surface area (Å²) in [6.07, 6.45) is 11.9. The average Bonchev–Trinajstić information content (AvgIpc) is 3.48. The molecule has 1 atom stereocenters. The Labute approximate surface area is 179 Å². The zero-order valence-corrected chi connectivity index (χ0v) is 18.2. The van der Waals surface area contributed by atoms with Gasteiger partial charge in [-0.1, -0.05) is 30.8 Å². The van der Waals surface area contributed by atoms with Crippen molar-refractivity contribution in [1.82, 2.24) is 15.0 Å². The van der Waals surface area contributed by atoms with Gasteiger partial charge < -0.3 is 18.9 Å². The van der Waals surface area contributed by atoms with Crippen molar-refractivity contribution in [2.24, 2.45) is 11.8 Å². The molecule has 30 heavy (non-hydrogen) atoms. The van der Waals surface area contributed by atoms with E-state index in [9.17, 15) is 4.79 Å². The Bertz CT molecular complexity index is 653. The van der Waals surface area contributed by atoms with Crippen molar-refractivity contribution in [3.63, 3.8) is 0 Å². The number of rotatable bonds is 9. The first kappa shape index (κ1) is 21.8. The fourth-order valence-electron chi connectivity index (χ4n) is 5.05.